The van der Waals surface area contributed by atoms with E-state index in [2.05, 4.69) is 11.9 Å². The molecule has 3 aromatic rings. The monoisotopic (exact) mass is 360 g/mol. The van der Waals surface area contributed by atoms with Crippen LogP contribution in [-0.4, -0.2) is 16.2 Å². The molecule has 0 saturated heterocycles. The van der Waals surface area contributed by atoms with Crippen LogP contribution >= 0.6 is 23.6 Å². The minimum Gasteiger partial charge on any atom is -0.494 e. The van der Waals surface area contributed by atoms with Gasteiger partial charge in [0.1, 0.15) is 10.6 Å². The molecule has 0 aliphatic carbocycles. The van der Waals surface area contributed by atoms with Gasteiger partial charge >= 0.3 is 0 Å². The number of fused-ring (bicyclic) bond motifs is 1. The minimum atomic E-state index is -0.0139. The van der Waals surface area contributed by atoms with Crippen molar-refractivity contribution in [2.75, 3.05) is 6.61 Å². The summed E-state index contributed by atoms with van der Waals surface area (Å²) in [6, 6.07) is 9.92. The Morgan fingerprint density at radius 3 is 2.75 bits per heavy atom. The third-order valence-corrected chi connectivity index (χ3v) is 5.41. The Balaban J connectivity index is 1.69. The number of thiophene rings is 1. The number of aromatic nitrogens is 2. The number of ether oxygens (including phenoxy) is 1. The van der Waals surface area contributed by atoms with Crippen LogP contribution in [0.15, 0.2) is 35.1 Å². The van der Waals surface area contributed by atoms with Gasteiger partial charge in [-0.05, 0) is 50.2 Å². The van der Waals surface area contributed by atoms with Crippen LogP contribution in [0.25, 0.3) is 10.2 Å². The number of nitrogens with one attached hydrogen (secondary N) is 1. The lowest BCUT2D eigenvalue weighted by molar-refractivity contribution is 0.300. The Bertz CT molecular complexity index is 952. The maximum atomic E-state index is 12.6. The molecule has 0 aliphatic rings. The first-order valence-corrected chi connectivity index (χ1v) is 9.26. The summed E-state index contributed by atoms with van der Waals surface area (Å²) in [4.78, 5) is 17.9. The van der Waals surface area contributed by atoms with E-state index >= 15 is 0 Å². The van der Waals surface area contributed by atoms with E-state index in [9.17, 15) is 4.79 Å². The molecule has 4 nitrogen and oxygen atoms in total. The Hall–Kier alpha value is -1.92. The zero-order valence-electron chi connectivity index (χ0n) is 13.8. The molecule has 6 heteroatoms. The first-order valence-electron chi connectivity index (χ1n) is 8.03. The maximum absolute atomic E-state index is 12.6. The summed E-state index contributed by atoms with van der Waals surface area (Å²) in [5.74, 6) is 0.846. The number of aryl methyl sites for hydroxylation is 2. The van der Waals surface area contributed by atoms with Gasteiger partial charge < -0.3 is 9.72 Å². The highest BCUT2D eigenvalue weighted by Gasteiger charge is 2.09. The predicted octanol–water partition coefficient (Wildman–Crippen LogP) is 4.46. The van der Waals surface area contributed by atoms with E-state index in [1.165, 1.54) is 10.4 Å². The van der Waals surface area contributed by atoms with Crippen LogP contribution in [0.4, 0.5) is 0 Å². The van der Waals surface area contributed by atoms with Gasteiger partial charge in [-0.2, -0.15) is 0 Å². The summed E-state index contributed by atoms with van der Waals surface area (Å²) in [7, 11) is 0. The van der Waals surface area contributed by atoms with Crippen molar-refractivity contribution in [1.82, 2.24) is 9.55 Å². The van der Waals surface area contributed by atoms with Gasteiger partial charge in [0.05, 0.1) is 12.0 Å². The van der Waals surface area contributed by atoms with Crippen LogP contribution in [0.3, 0.4) is 0 Å². The number of aromatic amines is 1. The van der Waals surface area contributed by atoms with E-state index in [1.807, 2.05) is 37.3 Å². The molecule has 1 N–H and O–H groups in total. The van der Waals surface area contributed by atoms with E-state index in [0.29, 0.717) is 17.9 Å². The fourth-order valence-corrected chi connectivity index (χ4v) is 3.85. The maximum Gasteiger partial charge on any atom is 0.263 e. The highest BCUT2D eigenvalue weighted by molar-refractivity contribution is 7.71. The SMILES string of the molecule is CCc1cc2c(=O)n(CCCOc3ccc(C)cc3)c(=S)[nH]c2s1. The third-order valence-electron chi connectivity index (χ3n) is 3.89. The van der Waals surface area contributed by atoms with Crippen LogP contribution in [0.1, 0.15) is 23.8 Å². The van der Waals surface area contributed by atoms with E-state index in [0.717, 1.165) is 28.8 Å². The molecule has 1 aromatic carbocycles. The quantitative estimate of drug-likeness (QED) is 0.521. The van der Waals surface area contributed by atoms with E-state index in [-0.39, 0.29) is 5.56 Å². The molecule has 0 saturated carbocycles. The molecule has 0 fully saturated rings. The Morgan fingerprint density at radius 2 is 2.04 bits per heavy atom. The second-order valence-electron chi connectivity index (χ2n) is 5.71. The highest BCUT2D eigenvalue weighted by atomic mass is 32.1. The van der Waals surface area contributed by atoms with Gasteiger partial charge in [0.15, 0.2) is 4.77 Å². The number of H-pyrrole nitrogens is 1. The molecule has 126 valence electrons. The van der Waals surface area contributed by atoms with Crippen molar-refractivity contribution in [1.29, 1.82) is 0 Å². The van der Waals surface area contributed by atoms with Crippen molar-refractivity contribution in [2.24, 2.45) is 0 Å². The van der Waals surface area contributed by atoms with E-state index in [1.54, 1.807) is 15.9 Å². The Kier molecular flexibility index (Phi) is 5.16. The lowest BCUT2D eigenvalue weighted by Gasteiger charge is -2.08. The van der Waals surface area contributed by atoms with Gasteiger partial charge in [0, 0.05) is 11.4 Å². The van der Waals surface area contributed by atoms with E-state index < -0.39 is 0 Å². The van der Waals surface area contributed by atoms with Gasteiger partial charge in [0.2, 0.25) is 0 Å². The molecule has 0 aliphatic heterocycles. The molecule has 2 heterocycles. The normalized spacial score (nSPS) is 11.1. The van der Waals surface area contributed by atoms with Gasteiger partial charge in [0.25, 0.3) is 5.56 Å². The summed E-state index contributed by atoms with van der Waals surface area (Å²) in [5, 5.41) is 0.727. The van der Waals surface area contributed by atoms with Gasteiger partial charge in [-0.15, -0.1) is 11.3 Å². The third kappa shape index (κ3) is 3.60. The molecular formula is C18H20N2O2S2. The molecule has 0 spiro atoms. The molecule has 2 aromatic heterocycles. The average Bonchev–Trinajstić information content (AvgIpc) is 2.99. The second kappa shape index (κ2) is 7.32. The fraction of sp³-hybridized carbons (Fsp3) is 0.333. The number of rotatable bonds is 6. The van der Waals surface area contributed by atoms with Crippen molar-refractivity contribution in [3.05, 3.63) is 55.9 Å². The number of benzene rings is 1. The summed E-state index contributed by atoms with van der Waals surface area (Å²) in [6.07, 6.45) is 1.64. The molecule has 3 rings (SSSR count). The lowest BCUT2D eigenvalue weighted by Crippen LogP contribution is -2.22. The standard InChI is InChI=1S/C18H20N2O2S2/c1-3-14-11-15-16(24-14)19-18(23)20(17(15)21)9-4-10-22-13-7-5-12(2)6-8-13/h5-8,11H,3-4,9-10H2,1-2H3,(H,19,23). The molecule has 0 unspecified atom stereocenters. The van der Waals surface area contributed by atoms with Crippen molar-refractivity contribution in [3.63, 3.8) is 0 Å². The largest absolute Gasteiger partial charge is 0.494 e. The smallest absolute Gasteiger partial charge is 0.263 e. The van der Waals surface area contributed by atoms with Crippen molar-refractivity contribution < 1.29 is 4.74 Å². The van der Waals surface area contributed by atoms with Gasteiger partial charge in [-0.3, -0.25) is 9.36 Å². The van der Waals surface area contributed by atoms with Crippen LogP contribution in [0.5, 0.6) is 5.75 Å². The first-order chi connectivity index (χ1) is 11.6. The predicted molar refractivity (Wildman–Crippen MR) is 102 cm³/mol. The topological polar surface area (TPSA) is 47.0 Å². The number of hydrogen-bond donors (Lipinski definition) is 1. The fourth-order valence-electron chi connectivity index (χ4n) is 2.52. The van der Waals surface area contributed by atoms with Gasteiger partial charge in [-0.25, -0.2) is 0 Å². The Labute approximate surface area is 149 Å². The molecule has 0 radical (unpaired) electrons. The molecule has 0 atom stereocenters. The summed E-state index contributed by atoms with van der Waals surface area (Å²) in [6.45, 7) is 5.22. The zero-order chi connectivity index (χ0) is 17.1. The van der Waals surface area contributed by atoms with Crippen LogP contribution in [0.2, 0.25) is 0 Å². The zero-order valence-corrected chi connectivity index (χ0v) is 15.4. The van der Waals surface area contributed by atoms with Crippen LogP contribution < -0.4 is 10.3 Å². The van der Waals surface area contributed by atoms with Crippen LogP contribution in [0, 0.1) is 11.7 Å². The van der Waals surface area contributed by atoms with E-state index in [4.69, 9.17) is 17.0 Å². The summed E-state index contributed by atoms with van der Waals surface area (Å²) in [5.41, 5.74) is 1.19. The highest BCUT2D eigenvalue weighted by Crippen LogP contribution is 2.21. The van der Waals surface area contributed by atoms with Crippen molar-refractivity contribution >= 4 is 33.8 Å². The number of nitrogens with zero attached hydrogens (tertiary/aromatic N) is 1. The lowest BCUT2D eigenvalue weighted by atomic mass is 10.2. The summed E-state index contributed by atoms with van der Waals surface area (Å²) < 4.78 is 7.82. The minimum absolute atomic E-state index is 0.0139. The average molecular weight is 361 g/mol. The number of hydrogen-bond acceptors (Lipinski definition) is 4. The second-order valence-corrected chi connectivity index (χ2v) is 7.23. The summed E-state index contributed by atoms with van der Waals surface area (Å²) >= 11 is 6.94. The molecular weight excluding hydrogens is 340 g/mol. The molecule has 0 amide bonds. The Morgan fingerprint density at radius 1 is 1.29 bits per heavy atom. The molecule has 0 bridgehead atoms. The molecule has 24 heavy (non-hydrogen) atoms. The van der Waals surface area contributed by atoms with Crippen LogP contribution in [-0.2, 0) is 13.0 Å². The van der Waals surface area contributed by atoms with Crippen molar-refractivity contribution in [3.8, 4) is 5.75 Å². The van der Waals surface area contributed by atoms with Crippen molar-refractivity contribution in [2.45, 2.75) is 33.2 Å². The first kappa shape index (κ1) is 16.9. The van der Waals surface area contributed by atoms with Gasteiger partial charge in [-0.1, -0.05) is 24.6 Å².